The summed E-state index contributed by atoms with van der Waals surface area (Å²) in [5, 5.41) is 7.47. The van der Waals surface area contributed by atoms with Crippen LogP contribution in [0.15, 0.2) is 0 Å². The molecule has 0 atom stereocenters. The van der Waals surface area contributed by atoms with Crippen molar-refractivity contribution in [1.29, 1.82) is 5.41 Å². The minimum atomic E-state index is -0.708. The number of amides is 4. The van der Waals surface area contributed by atoms with Gasteiger partial charge in [-0.25, -0.2) is 9.59 Å². The molecule has 18 heavy (non-hydrogen) atoms. The smallest absolute Gasteiger partial charge is 0.343 e. The zero-order chi connectivity index (χ0) is 14.5. The van der Waals surface area contributed by atoms with Crippen LogP contribution in [0.25, 0.3) is 0 Å². The van der Waals surface area contributed by atoms with Gasteiger partial charge in [0.1, 0.15) is 0 Å². The van der Waals surface area contributed by atoms with Gasteiger partial charge in [0.2, 0.25) is 0 Å². The zero-order valence-electron chi connectivity index (χ0n) is 11.5. The minimum absolute atomic E-state index is 0.197. The van der Waals surface area contributed by atoms with Gasteiger partial charge in [0.25, 0.3) is 0 Å². The summed E-state index contributed by atoms with van der Waals surface area (Å²) in [6.45, 7) is 5.74. The molecule has 104 valence electrons. The zero-order valence-corrected chi connectivity index (χ0v) is 12.3. The van der Waals surface area contributed by atoms with Crippen molar-refractivity contribution in [2.24, 2.45) is 0 Å². The third-order valence-corrected chi connectivity index (χ3v) is 2.51. The summed E-state index contributed by atoms with van der Waals surface area (Å²) in [4.78, 5) is 25.4. The molecule has 2 N–H and O–H groups in total. The average Bonchev–Trinajstić information content (AvgIpc) is 2.25. The monoisotopic (exact) mass is 276 g/mol. The number of nitrogens with zero attached hydrogens (tertiary/aromatic N) is 2. The summed E-state index contributed by atoms with van der Waals surface area (Å²) < 4.78 is 6.94. The number of carbonyl (C=O) groups is 2. The molecule has 0 aliphatic rings. The summed E-state index contributed by atoms with van der Waals surface area (Å²) in [7, 11) is 4.20. The van der Waals surface area contributed by atoms with E-state index >= 15 is 0 Å². The average molecular weight is 276 g/mol. The molecular formula is C10H20N4O3S. The van der Waals surface area contributed by atoms with Crippen LogP contribution in [0.1, 0.15) is 20.8 Å². The third kappa shape index (κ3) is 5.26. The van der Waals surface area contributed by atoms with E-state index in [-0.39, 0.29) is 4.75 Å². The molecule has 4 amide bonds. The molecule has 0 aliphatic carbocycles. The lowest BCUT2D eigenvalue weighted by molar-refractivity contribution is 0.180. The molecule has 0 bridgehead atoms. The van der Waals surface area contributed by atoms with Gasteiger partial charge in [0, 0.05) is 18.8 Å². The fraction of sp³-hybridized carbons (Fsp3) is 0.700. The second-order valence-electron chi connectivity index (χ2n) is 4.64. The molecule has 0 saturated heterocycles. The Balaban J connectivity index is 4.83. The lowest BCUT2D eigenvalue weighted by Crippen LogP contribution is -2.50. The van der Waals surface area contributed by atoms with Gasteiger partial charge in [-0.1, -0.05) is 0 Å². The Morgan fingerprint density at radius 3 is 2.11 bits per heavy atom. The van der Waals surface area contributed by atoms with Crippen LogP contribution in [0.5, 0.6) is 0 Å². The molecular weight excluding hydrogens is 256 g/mol. The summed E-state index contributed by atoms with van der Waals surface area (Å²) in [5.41, 5.74) is 0. The second-order valence-corrected chi connectivity index (χ2v) is 6.28. The molecule has 0 saturated carbocycles. The van der Waals surface area contributed by atoms with Gasteiger partial charge in [-0.2, -0.15) is 4.90 Å². The van der Waals surface area contributed by atoms with E-state index in [1.165, 1.54) is 26.1 Å². The van der Waals surface area contributed by atoms with Gasteiger partial charge in [-0.05, 0) is 32.7 Å². The van der Waals surface area contributed by atoms with E-state index in [0.29, 0.717) is 4.90 Å². The van der Waals surface area contributed by atoms with Crippen molar-refractivity contribution in [2.45, 2.75) is 25.5 Å². The van der Waals surface area contributed by atoms with Crippen molar-refractivity contribution in [3.8, 4) is 0 Å². The van der Waals surface area contributed by atoms with Gasteiger partial charge in [0.15, 0.2) is 0 Å². The van der Waals surface area contributed by atoms with E-state index in [9.17, 15) is 9.59 Å². The number of methoxy groups -OCH3 is 1. The number of imide groups is 1. The maximum atomic E-state index is 11.9. The van der Waals surface area contributed by atoms with Gasteiger partial charge in [-0.3, -0.25) is 10.1 Å². The number of ether oxygens (including phenoxy) is 1. The SMILES string of the molecule is COC(=N)N(C(=O)NSC(C)(C)C)C(=O)N(C)C. The predicted molar refractivity (Wildman–Crippen MR) is 71.5 cm³/mol. The number of hydrogen-bond acceptors (Lipinski definition) is 5. The first kappa shape index (κ1) is 16.6. The molecule has 0 rings (SSSR count). The highest BCUT2D eigenvalue weighted by Gasteiger charge is 2.29. The van der Waals surface area contributed by atoms with E-state index < -0.39 is 18.1 Å². The predicted octanol–water partition coefficient (Wildman–Crippen LogP) is 1.71. The summed E-state index contributed by atoms with van der Waals surface area (Å²) in [6, 6.07) is -1.88. The maximum Gasteiger partial charge on any atom is 0.343 e. The molecule has 0 aromatic heterocycles. The van der Waals surface area contributed by atoms with Gasteiger partial charge < -0.3 is 9.64 Å². The number of urea groups is 2. The second kappa shape index (κ2) is 6.48. The van der Waals surface area contributed by atoms with E-state index in [1.807, 2.05) is 20.8 Å². The first-order chi connectivity index (χ1) is 8.10. The first-order valence-corrected chi connectivity index (χ1v) is 6.03. The van der Waals surface area contributed by atoms with Gasteiger partial charge in [-0.15, -0.1) is 0 Å². The Morgan fingerprint density at radius 2 is 1.78 bits per heavy atom. The molecule has 0 fully saturated rings. The molecule has 0 unspecified atom stereocenters. The van der Waals surface area contributed by atoms with Crippen LogP contribution < -0.4 is 4.72 Å². The van der Waals surface area contributed by atoms with E-state index in [1.54, 1.807) is 0 Å². The minimum Gasteiger partial charge on any atom is -0.468 e. The Morgan fingerprint density at radius 1 is 1.28 bits per heavy atom. The first-order valence-electron chi connectivity index (χ1n) is 5.22. The normalized spacial score (nSPS) is 10.6. The fourth-order valence-electron chi connectivity index (χ4n) is 0.800. The molecule has 0 spiro atoms. The van der Waals surface area contributed by atoms with Crippen LogP contribution in [0.4, 0.5) is 9.59 Å². The van der Waals surface area contributed by atoms with Crippen molar-refractivity contribution >= 4 is 30.0 Å². The highest BCUT2D eigenvalue weighted by atomic mass is 32.2. The molecule has 0 radical (unpaired) electrons. The van der Waals surface area contributed by atoms with Gasteiger partial charge in [0.05, 0.1) is 7.11 Å². The number of rotatable bonds is 1. The maximum absolute atomic E-state index is 11.9. The van der Waals surface area contributed by atoms with Gasteiger partial charge >= 0.3 is 18.1 Å². The van der Waals surface area contributed by atoms with E-state index in [4.69, 9.17) is 5.41 Å². The van der Waals surface area contributed by atoms with Crippen LogP contribution in [-0.2, 0) is 4.74 Å². The van der Waals surface area contributed by atoms with Crippen LogP contribution in [0.2, 0.25) is 0 Å². The third-order valence-electron chi connectivity index (χ3n) is 1.62. The lowest BCUT2D eigenvalue weighted by atomic mass is 10.3. The van der Waals surface area contributed by atoms with Crippen molar-refractivity contribution in [2.75, 3.05) is 21.2 Å². The number of carbonyl (C=O) groups excluding carboxylic acids is 2. The van der Waals surface area contributed by atoms with Crippen molar-refractivity contribution < 1.29 is 14.3 Å². The summed E-state index contributed by atoms with van der Waals surface area (Å²) >= 11 is 1.16. The summed E-state index contributed by atoms with van der Waals surface area (Å²) in [6.07, 6.45) is 0. The molecule has 7 nitrogen and oxygen atoms in total. The molecule has 0 aliphatic heterocycles. The number of nitrogens with one attached hydrogen (secondary N) is 2. The van der Waals surface area contributed by atoms with Crippen molar-refractivity contribution in [1.82, 2.24) is 14.5 Å². The summed E-state index contributed by atoms with van der Waals surface area (Å²) in [5.74, 6) is 0. The quantitative estimate of drug-likeness (QED) is 0.433. The Bertz CT molecular complexity index is 339. The highest BCUT2D eigenvalue weighted by molar-refractivity contribution is 7.99. The number of amidine groups is 1. The van der Waals surface area contributed by atoms with E-state index in [0.717, 1.165) is 11.9 Å². The fourth-order valence-corrected chi connectivity index (χ4v) is 1.28. The molecule has 0 aromatic carbocycles. The largest absolute Gasteiger partial charge is 0.468 e. The number of hydrogen-bond donors (Lipinski definition) is 2. The Labute approximate surface area is 111 Å². The van der Waals surface area contributed by atoms with E-state index in [2.05, 4.69) is 9.46 Å². The molecule has 0 heterocycles. The van der Waals surface area contributed by atoms with Crippen molar-refractivity contribution in [3.05, 3.63) is 0 Å². The van der Waals surface area contributed by atoms with Crippen LogP contribution in [0, 0.1) is 5.41 Å². The molecule has 0 aromatic rings. The highest BCUT2D eigenvalue weighted by Crippen LogP contribution is 2.19. The topological polar surface area (TPSA) is 85.7 Å². The molecule has 8 heteroatoms. The lowest BCUT2D eigenvalue weighted by Gasteiger charge is -2.25. The van der Waals surface area contributed by atoms with Crippen molar-refractivity contribution in [3.63, 3.8) is 0 Å². The standard InChI is InChI=1S/C10H20N4O3S/c1-10(2,3)18-12-8(15)14(7(11)17-6)9(16)13(4)5/h11H,1-6H3,(H,12,15). The van der Waals surface area contributed by atoms with Crippen LogP contribution >= 0.6 is 11.9 Å². The van der Waals surface area contributed by atoms with Crippen LogP contribution in [0.3, 0.4) is 0 Å². The Kier molecular flexibility index (Phi) is 5.96. The Hall–Kier alpha value is -1.44. The van der Waals surface area contributed by atoms with Crippen LogP contribution in [-0.4, -0.2) is 53.8 Å².